The molecule has 0 saturated carbocycles. The topological polar surface area (TPSA) is 81.2 Å². The predicted molar refractivity (Wildman–Crippen MR) is 90.5 cm³/mol. The first-order valence-corrected chi connectivity index (χ1v) is 8.47. The number of benzene rings is 1. The first-order chi connectivity index (χ1) is 11.6. The van der Waals surface area contributed by atoms with Gasteiger partial charge in [-0.15, -0.1) is 10.2 Å². The van der Waals surface area contributed by atoms with E-state index in [1.54, 1.807) is 12.3 Å². The lowest BCUT2D eigenvalue weighted by Crippen LogP contribution is -2.28. The van der Waals surface area contributed by atoms with Crippen molar-refractivity contribution in [2.24, 2.45) is 0 Å². The molecule has 7 heteroatoms. The lowest BCUT2D eigenvalue weighted by Gasteiger charge is -2.13. The first-order valence-electron chi connectivity index (χ1n) is 7.48. The maximum absolute atomic E-state index is 12.1. The molecule has 0 aliphatic carbocycles. The van der Waals surface area contributed by atoms with Crippen LogP contribution in [0.1, 0.15) is 24.3 Å². The Morgan fingerprint density at radius 3 is 2.75 bits per heavy atom. The molecule has 0 spiro atoms. The molecule has 1 N–H and O–H groups in total. The van der Waals surface area contributed by atoms with Crippen molar-refractivity contribution in [2.45, 2.75) is 25.1 Å². The third-order valence-electron chi connectivity index (χ3n) is 3.50. The molecule has 24 heavy (non-hydrogen) atoms. The molecule has 0 fully saturated rings. The summed E-state index contributed by atoms with van der Waals surface area (Å²) in [7, 11) is 0. The Balaban J connectivity index is 1.53. The Morgan fingerprint density at radius 2 is 2.04 bits per heavy atom. The molecular formula is C17H17N3O3S. The van der Waals surface area contributed by atoms with Gasteiger partial charge in [0.2, 0.25) is 5.91 Å². The highest BCUT2D eigenvalue weighted by Gasteiger charge is 2.15. The van der Waals surface area contributed by atoms with Crippen molar-refractivity contribution < 1.29 is 13.6 Å². The Bertz CT molecular complexity index is 813. The Morgan fingerprint density at radius 1 is 1.25 bits per heavy atom. The Kier molecular flexibility index (Phi) is 5.00. The molecule has 3 aromatic rings. The molecule has 1 aromatic carbocycles. The van der Waals surface area contributed by atoms with Crippen molar-refractivity contribution in [2.75, 3.05) is 5.75 Å². The van der Waals surface area contributed by atoms with E-state index in [9.17, 15) is 4.79 Å². The van der Waals surface area contributed by atoms with Gasteiger partial charge in [-0.2, -0.15) is 0 Å². The van der Waals surface area contributed by atoms with E-state index in [0.717, 1.165) is 11.1 Å². The zero-order chi connectivity index (χ0) is 16.9. The summed E-state index contributed by atoms with van der Waals surface area (Å²) in [6.45, 7) is 3.77. The monoisotopic (exact) mass is 343 g/mol. The lowest BCUT2D eigenvalue weighted by atomic mass is 10.1. The zero-order valence-corrected chi connectivity index (χ0v) is 14.2. The van der Waals surface area contributed by atoms with Crippen LogP contribution in [0.2, 0.25) is 0 Å². The average Bonchev–Trinajstić information content (AvgIpc) is 3.22. The minimum Gasteiger partial charge on any atom is -0.469 e. The normalized spacial score (nSPS) is 12.1. The van der Waals surface area contributed by atoms with Crippen LogP contribution in [0.25, 0.3) is 11.5 Å². The molecule has 3 rings (SSSR count). The highest BCUT2D eigenvalue weighted by atomic mass is 32.2. The molecular weight excluding hydrogens is 326 g/mol. The highest BCUT2D eigenvalue weighted by Crippen LogP contribution is 2.26. The van der Waals surface area contributed by atoms with E-state index in [0.29, 0.717) is 16.9 Å². The van der Waals surface area contributed by atoms with Gasteiger partial charge < -0.3 is 14.2 Å². The Hall–Kier alpha value is -2.54. The molecule has 0 saturated heterocycles. The second-order valence-electron chi connectivity index (χ2n) is 5.25. The van der Waals surface area contributed by atoms with Crippen molar-refractivity contribution in [3.8, 4) is 11.5 Å². The molecule has 6 nitrogen and oxygen atoms in total. The van der Waals surface area contributed by atoms with Crippen molar-refractivity contribution in [3.05, 3.63) is 54.0 Å². The molecule has 1 atom stereocenters. The number of hydrogen-bond donors (Lipinski definition) is 1. The summed E-state index contributed by atoms with van der Waals surface area (Å²) >= 11 is 1.21. The van der Waals surface area contributed by atoms with Gasteiger partial charge in [-0.25, -0.2) is 0 Å². The standard InChI is InChI=1S/C17H17N3O3S/c1-11(13-6-4-3-5-7-13)18-15(21)10-24-17-20-19-16(23-17)14-8-9-22-12(14)2/h3-9,11H,10H2,1-2H3,(H,18,21)/t11-/m0/s1. The van der Waals surface area contributed by atoms with Gasteiger partial charge in [0.15, 0.2) is 0 Å². The molecule has 0 bridgehead atoms. The number of furan rings is 1. The second kappa shape index (κ2) is 7.35. The van der Waals surface area contributed by atoms with Crippen LogP contribution in [0.3, 0.4) is 0 Å². The predicted octanol–water partition coefficient (Wildman–Crippen LogP) is 3.61. The summed E-state index contributed by atoms with van der Waals surface area (Å²) in [6.07, 6.45) is 1.57. The van der Waals surface area contributed by atoms with Gasteiger partial charge in [-0.3, -0.25) is 4.79 Å². The molecule has 0 aliphatic rings. The van der Waals surface area contributed by atoms with Gasteiger partial charge in [0.1, 0.15) is 5.76 Å². The number of aromatic nitrogens is 2. The van der Waals surface area contributed by atoms with E-state index in [1.807, 2.05) is 44.2 Å². The van der Waals surface area contributed by atoms with Crippen LogP contribution >= 0.6 is 11.8 Å². The summed E-state index contributed by atoms with van der Waals surface area (Å²) in [5.41, 5.74) is 1.82. The summed E-state index contributed by atoms with van der Waals surface area (Å²) in [6, 6.07) is 11.5. The number of nitrogens with one attached hydrogen (secondary N) is 1. The van der Waals surface area contributed by atoms with E-state index >= 15 is 0 Å². The van der Waals surface area contributed by atoms with E-state index in [2.05, 4.69) is 15.5 Å². The molecule has 124 valence electrons. The Labute approximate surface area is 143 Å². The largest absolute Gasteiger partial charge is 0.469 e. The summed E-state index contributed by atoms with van der Waals surface area (Å²) in [4.78, 5) is 12.1. The maximum Gasteiger partial charge on any atom is 0.277 e. The molecule has 0 unspecified atom stereocenters. The number of thioether (sulfide) groups is 1. The number of aryl methyl sites for hydroxylation is 1. The van der Waals surface area contributed by atoms with Gasteiger partial charge in [-0.05, 0) is 25.5 Å². The fourth-order valence-corrected chi connectivity index (χ4v) is 2.79. The minimum atomic E-state index is -0.0874. The molecule has 1 amide bonds. The van der Waals surface area contributed by atoms with E-state index in [-0.39, 0.29) is 17.7 Å². The minimum absolute atomic E-state index is 0.0499. The van der Waals surface area contributed by atoms with Gasteiger partial charge in [0, 0.05) is 0 Å². The lowest BCUT2D eigenvalue weighted by molar-refractivity contribution is -0.119. The number of carbonyl (C=O) groups is 1. The zero-order valence-electron chi connectivity index (χ0n) is 13.4. The van der Waals surface area contributed by atoms with Crippen LogP contribution in [0, 0.1) is 6.92 Å². The highest BCUT2D eigenvalue weighted by molar-refractivity contribution is 7.99. The van der Waals surface area contributed by atoms with Crippen LogP contribution in [-0.4, -0.2) is 21.9 Å². The third-order valence-corrected chi connectivity index (χ3v) is 4.32. The summed E-state index contributed by atoms with van der Waals surface area (Å²) in [5, 5.41) is 11.2. The molecule has 0 radical (unpaired) electrons. The van der Waals surface area contributed by atoms with E-state index in [4.69, 9.17) is 8.83 Å². The number of nitrogens with zero attached hydrogens (tertiary/aromatic N) is 2. The van der Waals surface area contributed by atoms with Crippen molar-refractivity contribution in [1.29, 1.82) is 0 Å². The fourth-order valence-electron chi connectivity index (χ4n) is 2.22. The van der Waals surface area contributed by atoms with Crippen LogP contribution in [0.15, 0.2) is 56.7 Å². The summed E-state index contributed by atoms with van der Waals surface area (Å²) < 4.78 is 10.8. The maximum atomic E-state index is 12.1. The second-order valence-corrected chi connectivity index (χ2v) is 6.18. The molecule has 0 aliphatic heterocycles. The van der Waals surface area contributed by atoms with Crippen LogP contribution in [-0.2, 0) is 4.79 Å². The van der Waals surface area contributed by atoms with Gasteiger partial charge in [-0.1, -0.05) is 42.1 Å². The van der Waals surface area contributed by atoms with Crippen molar-refractivity contribution in [1.82, 2.24) is 15.5 Å². The van der Waals surface area contributed by atoms with Crippen LogP contribution in [0.4, 0.5) is 0 Å². The third kappa shape index (κ3) is 3.86. The summed E-state index contributed by atoms with van der Waals surface area (Å²) in [5.74, 6) is 1.23. The molecule has 2 aromatic heterocycles. The molecule has 2 heterocycles. The SMILES string of the molecule is Cc1occc1-c1nnc(SCC(=O)N[C@@H](C)c2ccccc2)o1. The number of rotatable bonds is 6. The van der Waals surface area contributed by atoms with Gasteiger partial charge >= 0.3 is 0 Å². The van der Waals surface area contributed by atoms with Crippen molar-refractivity contribution >= 4 is 17.7 Å². The smallest absolute Gasteiger partial charge is 0.277 e. The van der Waals surface area contributed by atoms with Gasteiger partial charge in [0.05, 0.1) is 23.6 Å². The quantitative estimate of drug-likeness (QED) is 0.689. The number of hydrogen-bond acceptors (Lipinski definition) is 6. The fraction of sp³-hybridized carbons (Fsp3) is 0.235. The van der Waals surface area contributed by atoms with Crippen LogP contribution in [0.5, 0.6) is 0 Å². The van der Waals surface area contributed by atoms with Crippen molar-refractivity contribution in [3.63, 3.8) is 0 Å². The average molecular weight is 343 g/mol. The first kappa shape index (κ1) is 16.3. The van der Waals surface area contributed by atoms with E-state index in [1.165, 1.54) is 11.8 Å². The van der Waals surface area contributed by atoms with Crippen LogP contribution < -0.4 is 5.32 Å². The number of amides is 1. The van der Waals surface area contributed by atoms with Gasteiger partial charge in [0.25, 0.3) is 11.1 Å². The van der Waals surface area contributed by atoms with E-state index < -0.39 is 0 Å². The number of carbonyl (C=O) groups excluding carboxylic acids is 1.